The lowest BCUT2D eigenvalue weighted by atomic mass is 9.89. The highest BCUT2D eigenvalue weighted by atomic mass is 16.5. The van der Waals surface area contributed by atoms with E-state index in [1.165, 1.54) is 0 Å². The first-order chi connectivity index (χ1) is 7.68. The number of fused-ring (bicyclic) bond motifs is 2. The van der Waals surface area contributed by atoms with E-state index >= 15 is 0 Å². The molecule has 1 atom stereocenters. The molecule has 3 rings (SSSR count). The van der Waals surface area contributed by atoms with Gasteiger partial charge < -0.3 is 9.64 Å². The van der Waals surface area contributed by atoms with Gasteiger partial charge in [0.1, 0.15) is 0 Å². The van der Waals surface area contributed by atoms with Crippen molar-refractivity contribution in [3.8, 4) is 0 Å². The molecule has 3 nitrogen and oxygen atoms in total. The summed E-state index contributed by atoms with van der Waals surface area (Å²) < 4.78 is 5.74. The third kappa shape index (κ3) is 0.895. The van der Waals surface area contributed by atoms with Gasteiger partial charge in [-0.2, -0.15) is 0 Å². The number of nitrogens with zero attached hydrogens (tertiary/aromatic N) is 1. The second kappa shape index (κ2) is 2.95. The molecule has 1 spiro atoms. The summed E-state index contributed by atoms with van der Waals surface area (Å²) in [4.78, 5) is 14.0. The van der Waals surface area contributed by atoms with Crippen molar-refractivity contribution >= 4 is 11.6 Å². The Hall–Kier alpha value is -1.61. The first kappa shape index (κ1) is 9.60. The van der Waals surface area contributed by atoms with Gasteiger partial charge in [-0.05, 0) is 18.6 Å². The van der Waals surface area contributed by atoms with E-state index in [1.54, 1.807) is 11.9 Å². The number of rotatable bonds is 0. The maximum Gasteiger partial charge on any atom is 0.268 e. The Balaban J connectivity index is 2.29. The Labute approximate surface area is 94.3 Å². The van der Waals surface area contributed by atoms with E-state index in [4.69, 9.17) is 4.74 Å². The van der Waals surface area contributed by atoms with Crippen LogP contribution in [0.25, 0.3) is 0 Å². The highest BCUT2D eigenvalue weighted by Crippen LogP contribution is 2.48. The summed E-state index contributed by atoms with van der Waals surface area (Å²) in [6, 6.07) is 7.81. The normalized spacial score (nSPS) is 27.5. The molecule has 0 unspecified atom stereocenters. The van der Waals surface area contributed by atoms with Crippen LogP contribution in [0.3, 0.4) is 0 Å². The van der Waals surface area contributed by atoms with Gasteiger partial charge in [-0.15, -0.1) is 0 Å². The molecule has 0 aromatic heterocycles. The Kier molecular flexibility index (Phi) is 1.77. The van der Waals surface area contributed by atoms with Gasteiger partial charge in [0.2, 0.25) is 0 Å². The van der Waals surface area contributed by atoms with Crippen molar-refractivity contribution in [1.82, 2.24) is 0 Å². The topological polar surface area (TPSA) is 29.5 Å². The fraction of sp³-hybridized carbons (Fsp3) is 0.308. The number of ether oxygens (including phenoxy) is 1. The molecule has 0 fully saturated rings. The molecule has 3 heteroatoms. The van der Waals surface area contributed by atoms with Gasteiger partial charge in [-0.1, -0.05) is 24.3 Å². The average molecular weight is 215 g/mol. The third-order valence-electron chi connectivity index (χ3n) is 3.50. The summed E-state index contributed by atoms with van der Waals surface area (Å²) in [5, 5.41) is 0. The van der Waals surface area contributed by atoms with E-state index in [-0.39, 0.29) is 5.91 Å². The van der Waals surface area contributed by atoms with Crippen molar-refractivity contribution in [2.45, 2.75) is 12.5 Å². The molecular weight excluding hydrogens is 202 g/mol. The molecule has 0 saturated carbocycles. The van der Waals surface area contributed by atoms with E-state index < -0.39 is 5.60 Å². The number of amides is 1. The van der Waals surface area contributed by atoms with Crippen molar-refractivity contribution in [3.63, 3.8) is 0 Å². The van der Waals surface area contributed by atoms with Gasteiger partial charge in [-0.25, -0.2) is 0 Å². The molecule has 1 aromatic rings. The maximum atomic E-state index is 12.4. The highest BCUT2D eigenvalue weighted by molar-refractivity contribution is 6.09. The van der Waals surface area contributed by atoms with E-state index in [0.29, 0.717) is 6.61 Å². The number of likely N-dealkylation sites (N-methyl/N-ethyl adjacent to an activating group) is 1. The Morgan fingerprint density at radius 1 is 1.38 bits per heavy atom. The Bertz CT molecular complexity index is 506. The monoisotopic (exact) mass is 215 g/mol. The van der Waals surface area contributed by atoms with Crippen molar-refractivity contribution < 1.29 is 9.53 Å². The van der Waals surface area contributed by atoms with Gasteiger partial charge in [0.05, 0.1) is 12.3 Å². The largest absolute Gasteiger partial charge is 0.352 e. The molecule has 1 amide bonds. The first-order valence-corrected chi connectivity index (χ1v) is 5.37. The van der Waals surface area contributed by atoms with E-state index in [0.717, 1.165) is 16.8 Å². The number of anilines is 1. The van der Waals surface area contributed by atoms with Gasteiger partial charge in [0.25, 0.3) is 5.91 Å². The van der Waals surface area contributed by atoms with Crippen LogP contribution in [0.5, 0.6) is 0 Å². The average Bonchev–Trinajstić information content (AvgIpc) is 2.78. The first-order valence-electron chi connectivity index (χ1n) is 5.37. The number of para-hydroxylation sites is 1. The lowest BCUT2D eigenvalue weighted by Gasteiger charge is -2.24. The molecule has 0 bridgehead atoms. The molecule has 0 saturated heterocycles. The SMILES string of the molecule is CC1=CCO[C@@]12C(=O)N(C)c1ccccc12. The third-order valence-corrected chi connectivity index (χ3v) is 3.50. The zero-order chi connectivity index (χ0) is 11.3. The predicted molar refractivity (Wildman–Crippen MR) is 61.2 cm³/mol. The standard InChI is InChI=1S/C13H13NO2/c1-9-7-8-16-13(9)10-5-3-4-6-11(10)14(2)12(13)15/h3-7H,8H2,1-2H3/t13-/m0/s1. The van der Waals surface area contributed by atoms with Crippen molar-refractivity contribution in [3.05, 3.63) is 41.5 Å². The molecule has 0 radical (unpaired) electrons. The Morgan fingerprint density at radius 2 is 2.12 bits per heavy atom. The number of carbonyl (C=O) groups is 1. The zero-order valence-electron chi connectivity index (χ0n) is 9.36. The minimum atomic E-state index is -0.842. The number of hydrogen-bond acceptors (Lipinski definition) is 2. The van der Waals surface area contributed by atoms with Crippen molar-refractivity contribution in [1.29, 1.82) is 0 Å². The van der Waals surface area contributed by atoms with Crippen LogP contribution in [0.4, 0.5) is 5.69 Å². The van der Waals surface area contributed by atoms with Crippen molar-refractivity contribution in [2.24, 2.45) is 0 Å². The molecular formula is C13H13NO2. The minimum absolute atomic E-state index is 0.0138. The molecule has 2 aliphatic rings. The van der Waals surface area contributed by atoms with Gasteiger partial charge in [0.15, 0.2) is 5.60 Å². The van der Waals surface area contributed by atoms with E-state index in [1.807, 2.05) is 37.3 Å². The maximum absolute atomic E-state index is 12.4. The summed E-state index contributed by atoms with van der Waals surface area (Å²) in [6.45, 7) is 2.47. The minimum Gasteiger partial charge on any atom is -0.352 e. The van der Waals surface area contributed by atoms with E-state index in [9.17, 15) is 4.79 Å². The molecule has 1 aromatic carbocycles. The number of hydrogen-bond donors (Lipinski definition) is 0. The predicted octanol–water partition coefficient (Wildman–Crippen LogP) is 1.83. The van der Waals surface area contributed by atoms with Crippen LogP contribution in [0.15, 0.2) is 35.9 Å². The second-order valence-electron chi connectivity index (χ2n) is 4.26. The summed E-state index contributed by atoms with van der Waals surface area (Å²) in [7, 11) is 1.80. The molecule has 0 aliphatic carbocycles. The molecule has 0 N–H and O–H groups in total. The quantitative estimate of drug-likeness (QED) is 0.618. The van der Waals surface area contributed by atoms with Gasteiger partial charge in [-0.3, -0.25) is 4.79 Å². The van der Waals surface area contributed by atoms with Crippen LogP contribution in [-0.2, 0) is 15.1 Å². The van der Waals surface area contributed by atoms with Gasteiger partial charge in [0, 0.05) is 12.6 Å². The molecule has 2 aliphatic heterocycles. The van der Waals surface area contributed by atoms with Crippen molar-refractivity contribution in [2.75, 3.05) is 18.6 Å². The zero-order valence-corrected chi connectivity index (χ0v) is 9.36. The summed E-state index contributed by atoms with van der Waals surface area (Å²) in [5.41, 5.74) is 2.07. The highest BCUT2D eigenvalue weighted by Gasteiger charge is 2.53. The van der Waals surface area contributed by atoms with Crippen LogP contribution in [0, 0.1) is 0 Å². The van der Waals surface area contributed by atoms with Gasteiger partial charge >= 0.3 is 0 Å². The lowest BCUT2D eigenvalue weighted by molar-refractivity contribution is -0.135. The van der Waals surface area contributed by atoms with Crippen LogP contribution < -0.4 is 4.90 Å². The van der Waals surface area contributed by atoms with Crippen LogP contribution >= 0.6 is 0 Å². The van der Waals surface area contributed by atoms with Crippen LogP contribution in [0.1, 0.15) is 12.5 Å². The summed E-state index contributed by atoms with van der Waals surface area (Å²) in [5.74, 6) is 0.0138. The summed E-state index contributed by atoms with van der Waals surface area (Å²) >= 11 is 0. The summed E-state index contributed by atoms with van der Waals surface area (Å²) in [6.07, 6.45) is 1.98. The molecule has 82 valence electrons. The molecule has 2 heterocycles. The van der Waals surface area contributed by atoms with Crippen LogP contribution in [0.2, 0.25) is 0 Å². The molecule has 16 heavy (non-hydrogen) atoms. The fourth-order valence-corrected chi connectivity index (χ4v) is 2.59. The fourth-order valence-electron chi connectivity index (χ4n) is 2.59. The number of carbonyl (C=O) groups excluding carboxylic acids is 1. The van der Waals surface area contributed by atoms with Crippen LogP contribution in [-0.4, -0.2) is 19.6 Å². The number of benzene rings is 1. The lowest BCUT2D eigenvalue weighted by Crippen LogP contribution is -2.39. The second-order valence-corrected chi connectivity index (χ2v) is 4.26. The smallest absolute Gasteiger partial charge is 0.268 e. The van der Waals surface area contributed by atoms with E-state index in [2.05, 4.69) is 0 Å². The Morgan fingerprint density at radius 3 is 2.81 bits per heavy atom.